The number of fused-ring (bicyclic) bond motifs is 1. The molecule has 6 nitrogen and oxygen atoms in total. The number of carbonyl (C=O) groups is 1. The van der Waals surface area contributed by atoms with Gasteiger partial charge in [0.1, 0.15) is 5.65 Å². The molecule has 0 aliphatic heterocycles. The number of pyridine rings is 1. The molecule has 106 valence electrons. The number of methoxy groups -OCH3 is 1. The van der Waals surface area contributed by atoms with E-state index in [1.165, 1.54) is 18.4 Å². The van der Waals surface area contributed by atoms with Crippen molar-refractivity contribution in [2.75, 3.05) is 7.11 Å². The molecule has 8 heteroatoms. The number of nitrogens with zero attached hydrogens (tertiary/aromatic N) is 1. The van der Waals surface area contributed by atoms with Crippen molar-refractivity contribution >= 4 is 40.6 Å². The molecule has 0 saturated carbocycles. The molecule has 0 saturated heterocycles. The quantitative estimate of drug-likeness (QED) is 0.560. The highest BCUT2D eigenvalue weighted by Crippen LogP contribution is 2.26. The third kappa shape index (κ3) is 2.39. The molecular weight excluding hydrogens is 310 g/mol. The average molecular weight is 319 g/mol. The number of hydrogen-bond donors (Lipinski definition) is 2. The summed E-state index contributed by atoms with van der Waals surface area (Å²) in [5, 5.41) is 2.04. The Balaban J connectivity index is 2.43. The first-order valence-corrected chi connectivity index (χ1v) is 7.18. The fourth-order valence-electron chi connectivity index (χ4n) is 1.99. The fourth-order valence-corrected chi connectivity index (χ4v) is 2.87. The summed E-state index contributed by atoms with van der Waals surface area (Å²) >= 11 is 6.42. The highest BCUT2D eigenvalue weighted by atomic mass is 32.1. The smallest absolute Gasteiger partial charge is 0.338 e. The Labute approximate surface area is 127 Å². The number of esters is 1. The summed E-state index contributed by atoms with van der Waals surface area (Å²) in [5.41, 5.74) is 0.516. The van der Waals surface area contributed by atoms with Crippen LogP contribution in [0.25, 0.3) is 21.6 Å². The zero-order chi connectivity index (χ0) is 15.0. The molecule has 0 aliphatic rings. The fraction of sp³-hybridized carbons (Fsp3) is 0.0769. The molecule has 3 heterocycles. The van der Waals surface area contributed by atoms with Crippen LogP contribution in [0, 0.1) is 4.77 Å². The van der Waals surface area contributed by atoms with Gasteiger partial charge in [0.05, 0.1) is 28.6 Å². The van der Waals surface area contributed by atoms with Gasteiger partial charge >= 0.3 is 5.97 Å². The molecule has 3 aromatic rings. The highest BCUT2D eigenvalue weighted by molar-refractivity contribution is 7.71. The van der Waals surface area contributed by atoms with E-state index in [1.54, 1.807) is 6.07 Å². The lowest BCUT2D eigenvalue weighted by atomic mass is 10.1. The minimum Gasteiger partial charge on any atom is -0.465 e. The van der Waals surface area contributed by atoms with E-state index < -0.39 is 11.5 Å². The standard InChI is InChI=1S/C13H9N3O3S2/c1-19-12(18)6-5-7(8-3-2-4-21-8)14-10-9(6)11(17)16-13(20)15-10/h2-5H,1H3,(H2,14,15,16,17,20). The summed E-state index contributed by atoms with van der Waals surface area (Å²) in [4.78, 5) is 34.5. The number of aromatic nitrogens is 3. The van der Waals surface area contributed by atoms with E-state index in [2.05, 4.69) is 15.0 Å². The zero-order valence-electron chi connectivity index (χ0n) is 10.8. The Kier molecular flexibility index (Phi) is 3.40. The van der Waals surface area contributed by atoms with Crippen LogP contribution < -0.4 is 5.56 Å². The molecular formula is C13H9N3O3S2. The first kappa shape index (κ1) is 13.7. The SMILES string of the molecule is COC(=O)c1cc(-c2cccs2)nc2[nH]c(=S)[nH]c(=O)c12. The Morgan fingerprint density at radius 2 is 2.24 bits per heavy atom. The maximum absolute atomic E-state index is 12.1. The second-order valence-corrected chi connectivity index (χ2v) is 5.51. The topological polar surface area (TPSA) is 87.8 Å². The molecule has 0 bridgehead atoms. The van der Waals surface area contributed by atoms with Gasteiger partial charge in [0, 0.05) is 0 Å². The van der Waals surface area contributed by atoms with Crippen LogP contribution >= 0.6 is 23.6 Å². The van der Waals surface area contributed by atoms with E-state index in [0.29, 0.717) is 5.69 Å². The molecule has 0 unspecified atom stereocenters. The maximum Gasteiger partial charge on any atom is 0.338 e. The van der Waals surface area contributed by atoms with Crippen molar-refractivity contribution in [3.63, 3.8) is 0 Å². The van der Waals surface area contributed by atoms with Crippen LogP contribution in [0.2, 0.25) is 0 Å². The van der Waals surface area contributed by atoms with E-state index in [0.717, 1.165) is 4.88 Å². The predicted octanol–water partition coefficient (Wildman–Crippen LogP) is 2.50. The summed E-state index contributed by atoms with van der Waals surface area (Å²) in [5.74, 6) is -0.601. The number of aromatic amines is 2. The van der Waals surface area contributed by atoms with Crippen LogP contribution in [-0.2, 0) is 4.74 Å². The van der Waals surface area contributed by atoms with Crippen molar-refractivity contribution in [3.8, 4) is 10.6 Å². The minimum atomic E-state index is -0.601. The summed E-state index contributed by atoms with van der Waals surface area (Å²) in [6.45, 7) is 0. The van der Waals surface area contributed by atoms with Gasteiger partial charge in [-0.05, 0) is 29.7 Å². The van der Waals surface area contributed by atoms with Gasteiger partial charge in [-0.25, -0.2) is 9.78 Å². The Morgan fingerprint density at radius 3 is 2.90 bits per heavy atom. The normalized spacial score (nSPS) is 10.7. The second kappa shape index (κ2) is 5.23. The van der Waals surface area contributed by atoms with Gasteiger partial charge in [0.25, 0.3) is 5.56 Å². The lowest BCUT2D eigenvalue weighted by Crippen LogP contribution is -2.15. The van der Waals surface area contributed by atoms with E-state index >= 15 is 0 Å². The molecule has 0 spiro atoms. The van der Waals surface area contributed by atoms with E-state index in [4.69, 9.17) is 17.0 Å². The van der Waals surface area contributed by atoms with Crippen molar-refractivity contribution in [2.24, 2.45) is 0 Å². The summed E-state index contributed by atoms with van der Waals surface area (Å²) in [6, 6.07) is 5.30. The Morgan fingerprint density at radius 1 is 1.43 bits per heavy atom. The summed E-state index contributed by atoms with van der Waals surface area (Å²) < 4.78 is 4.90. The van der Waals surface area contributed by atoms with Gasteiger partial charge in [-0.3, -0.25) is 9.78 Å². The number of carbonyl (C=O) groups excluding carboxylic acids is 1. The number of H-pyrrole nitrogens is 2. The van der Waals surface area contributed by atoms with Crippen LogP contribution in [-0.4, -0.2) is 28.0 Å². The largest absolute Gasteiger partial charge is 0.465 e. The van der Waals surface area contributed by atoms with Crippen molar-refractivity contribution in [1.29, 1.82) is 0 Å². The molecule has 3 rings (SSSR count). The zero-order valence-corrected chi connectivity index (χ0v) is 12.4. The van der Waals surface area contributed by atoms with Crippen LogP contribution in [0.1, 0.15) is 10.4 Å². The van der Waals surface area contributed by atoms with Crippen LogP contribution in [0.3, 0.4) is 0 Å². The van der Waals surface area contributed by atoms with Gasteiger partial charge in [-0.1, -0.05) is 6.07 Å². The molecule has 0 atom stereocenters. The molecule has 2 N–H and O–H groups in total. The van der Waals surface area contributed by atoms with Gasteiger partial charge in [0.15, 0.2) is 4.77 Å². The molecule has 0 fully saturated rings. The van der Waals surface area contributed by atoms with Crippen molar-refractivity contribution in [2.45, 2.75) is 0 Å². The molecule has 3 aromatic heterocycles. The van der Waals surface area contributed by atoms with Gasteiger partial charge in [-0.15, -0.1) is 11.3 Å². The van der Waals surface area contributed by atoms with Crippen LogP contribution in [0.4, 0.5) is 0 Å². The Hall–Kier alpha value is -2.32. The summed E-state index contributed by atoms with van der Waals surface area (Å²) in [7, 11) is 1.26. The van der Waals surface area contributed by atoms with E-state index in [9.17, 15) is 9.59 Å². The van der Waals surface area contributed by atoms with Gasteiger partial charge < -0.3 is 9.72 Å². The lowest BCUT2D eigenvalue weighted by molar-refractivity contribution is 0.0603. The second-order valence-electron chi connectivity index (χ2n) is 4.16. The number of hydrogen-bond acceptors (Lipinski definition) is 6. The van der Waals surface area contributed by atoms with Crippen LogP contribution in [0.5, 0.6) is 0 Å². The first-order chi connectivity index (χ1) is 10.1. The summed E-state index contributed by atoms with van der Waals surface area (Å²) in [6.07, 6.45) is 0. The van der Waals surface area contributed by atoms with Crippen molar-refractivity contribution < 1.29 is 9.53 Å². The molecule has 0 amide bonds. The molecule has 21 heavy (non-hydrogen) atoms. The monoisotopic (exact) mass is 319 g/mol. The predicted molar refractivity (Wildman–Crippen MR) is 82.2 cm³/mol. The number of nitrogens with one attached hydrogen (secondary N) is 2. The third-order valence-electron chi connectivity index (χ3n) is 2.88. The number of rotatable bonds is 2. The van der Waals surface area contributed by atoms with Gasteiger partial charge in [-0.2, -0.15) is 0 Å². The van der Waals surface area contributed by atoms with Crippen molar-refractivity contribution in [3.05, 3.63) is 44.3 Å². The molecule has 0 aliphatic carbocycles. The lowest BCUT2D eigenvalue weighted by Gasteiger charge is -2.06. The number of ether oxygens (including phenoxy) is 1. The molecule has 0 radical (unpaired) electrons. The van der Waals surface area contributed by atoms with E-state index in [1.807, 2.05) is 17.5 Å². The minimum absolute atomic E-state index is 0.135. The highest BCUT2D eigenvalue weighted by Gasteiger charge is 2.17. The third-order valence-corrected chi connectivity index (χ3v) is 3.98. The maximum atomic E-state index is 12.1. The number of thiophene rings is 1. The first-order valence-electron chi connectivity index (χ1n) is 5.89. The van der Waals surface area contributed by atoms with E-state index in [-0.39, 0.29) is 21.4 Å². The molecule has 0 aromatic carbocycles. The van der Waals surface area contributed by atoms with Crippen molar-refractivity contribution in [1.82, 2.24) is 15.0 Å². The average Bonchev–Trinajstić information content (AvgIpc) is 2.99. The Bertz CT molecular complexity index is 941. The van der Waals surface area contributed by atoms with Gasteiger partial charge in [0.2, 0.25) is 0 Å². The van der Waals surface area contributed by atoms with Crippen LogP contribution in [0.15, 0.2) is 28.4 Å².